The van der Waals surface area contributed by atoms with Crippen molar-refractivity contribution in [3.63, 3.8) is 0 Å². The molecule has 4 nitrogen and oxygen atoms in total. The molecule has 1 heterocycles. The molecule has 1 fully saturated rings. The number of hydrogen-bond acceptors (Lipinski definition) is 3. The third-order valence-corrected chi connectivity index (χ3v) is 4.35. The average Bonchev–Trinajstić information content (AvgIpc) is 2.94. The van der Waals surface area contributed by atoms with Crippen molar-refractivity contribution in [2.75, 3.05) is 6.54 Å². The lowest BCUT2D eigenvalue weighted by Gasteiger charge is -2.19. The third kappa shape index (κ3) is 2.54. The maximum Gasteiger partial charge on any atom is 0.251 e. The van der Waals surface area contributed by atoms with Crippen LogP contribution < -0.4 is 10.6 Å². The molecule has 0 aromatic heterocycles. The van der Waals surface area contributed by atoms with Crippen LogP contribution in [0.1, 0.15) is 40.7 Å². The Balaban J connectivity index is 1.73. The van der Waals surface area contributed by atoms with Gasteiger partial charge >= 0.3 is 0 Å². The van der Waals surface area contributed by atoms with Gasteiger partial charge in [0.2, 0.25) is 0 Å². The molecule has 104 valence electrons. The van der Waals surface area contributed by atoms with E-state index in [0.717, 1.165) is 38.8 Å². The lowest BCUT2D eigenvalue weighted by atomic mass is 9.98. The predicted octanol–water partition coefficient (Wildman–Crippen LogP) is 1.75. The van der Waals surface area contributed by atoms with Crippen molar-refractivity contribution in [1.82, 2.24) is 10.6 Å². The fourth-order valence-corrected chi connectivity index (χ4v) is 3.16. The summed E-state index contributed by atoms with van der Waals surface area (Å²) in [7, 11) is 0. The van der Waals surface area contributed by atoms with Gasteiger partial charge in [0.25, 0.3) is 5.91 Å². The van der Waals surface area contributed by atoms with Gasteiger partial charge in [0.05, 0.1) is 12.0 Å². The first-order valence-corrected chi connectivity index (χ1v) is 7.31. The number of nitrogens with zero attached hydrogens (tertiary/aromatic N) is 1. The molecule has 0 saturated heterocycles. The number of hydrogen-bond donors (Lipinski definition) is 2. The summed E-state index contributed by atoms with van der Waals surface area (Å²) >= 11 is 0. The highest BCUT2D eigenvalue weighted by Crippen LogP contribution is 2.25. The Hall–Kier alpha value is -1.86. The van der Waals surface area contributed by atoms with Crippen molar-refractivity contribution in [3.05, 3.63) is 34.9 Å². The monoisotopic (exact) mass is 269 g/mol. The molecular formula is C16H19N3O. The van der Waals surface area contributed by atoms with E-state index in [0.29, 0.717) is 5.56 Å². The molecule has 4 heteroatoms. The highest BCUT2D eigenvalue weighted by atomic mass is 16.1. The van der Waals surface area contributed by atoms with Crippen LogP contribution in [0.2, 0.25) is 0 Å². The fraction of sp³-hybridized carbons (Fsp3) is 0.500. The number of benzene rings is 1. The van der Waals surface area contributed by atoms with Crippen LogP contribution >= 0.6 is 0 Å². The molecular weight excluding hydrogens is 250 g/mol. The number of carbonyl (C=O) groups is 1. The second kappa shape index (κ2) is 5.64. The van der Waals surface area contributed by atoms with Gasteiger partial charge in [-0.05, 0) is 55.5 Å². The summed E-state index contributed by atoms with van der Waals surface area (Å²) in [4.78, 5) is 12.3. The Morgan fingerprint density at radius 2 is 2.25 bits per heavy atom. The van der Waals surface area contributed by atoms with Crippen LogP contribution in [0.5, 0.6) is 0 Å². The molecule has 1 saturated carbocycles. The molecule has 1 amide bonds. The van der Waals surface area contributed by atoms with Crippen LogP contribution in [0.4, 0.5) is 0 Å². The van der Waals surface area contributed by atoms with E-state index in [1.165, 1.54) is 11.1 Å². The standard InChI is InChI=1S/C16H19N3O/c17-9-13-2-1-3-15(13)19-16(20)12-5-4-11-6-7-18-10-14(11)8-12/h4-5,8,13,15,18H,1-3,6-7,10H2,(H,19,20). The Morgan fingerprint density at radius 3 is 3.10 bits per heavy atom. The number of nitrogens with one attached hydrogen (secondary N) is 2. The molecule has 2 aliphatic rings. The summed E-state index contributed by atoms with van der Waals surface area (Å²) < 4.78 is 0. The highest BCUT2D eigenvalue weighted by molar-refractivity contribution is 5.94. The quantitative estimate of drug-likeness (QED) is 0.859. The van der Waals surface area contributed by atoms with Crippen LogP contribution in [0.25, 0.3) is 0 Å². The molecule has 2 N–H and O–H groups in total. The number of nitriles is 1. The van der Waals surface area contributed by atoms with Gasteiger partial charge in [-0.1, -0.05) is 6.07 Å². The number of carbonyl (C=O) groups excluding carboxylic acids is 1. The second-order valence-corrected chi connectivity index (χ2v) is 5.66. The first-order valence-electron chi connectivity index (χ1n) is 7.31. The van der Waals surface area contributed by atoms with Crippen molar-refractivity contribution in [2.45, 2.75) is 38.3 Å². The summed E-state index contributed by atoms with van der Waals surface area (Å²) in [5.41, 5.74) is 3.25. The van der Waals surface area contributed by atoms with Crippen LogP contribution in [0.3, 0.4) is 0 Å². The first kappa shape index (κ1) is 13.1. The highest BCUT2D eigenvalue weighted by Gasteiger charge is 2.28. The molecule has 0 bridgehead atoms. The van der Waals surface area contributed by atoms with E-state index in [4.69, 9.17) is 5.26 Å². The number of rotatable bonds is 2. The molecule has 2 unspecified atom stereocenters. The molecule has 0 spiro atoms. The van der Waals surface area contributed by atoms with Crippen molar-refractivity contribution in [1.29, 1.82) is 5.26 Å². The van der Waals surface area contributed by atoms with Gasteiger partial charge in [-0.2, -0.15) is 5.26 Å². The second-order valence-electron chi connectivity index (χ2n) is 5.66. The van der Waals surface area contributed by atoms with E-state index in [1.807, 2.05) is 12.1 Å². The van der Waals surface area contributed by atoms with Crippen LogP contribution in [0.15, 0.2) is 18.2 Å². The van der Waals surface area contributed by atoms with Gasteiger partial charge in [-0.3, -0.25) is 4.79 Å². The Bertz CT molecular complexity index is 561. The fourth-order valence-electron chi connectivity index (χ4n) is 3.16. The van der Waals surface area contributed by atoms with Crippen molar-refractivity contribution < 1.29 is 4.79 Å². The Morgan fingerprint density at radius 1 is 1.35 bits per heavy atom. The first-order chi connectivity index (χ1) is 9.78. The van der Waals surface area contributed by atoms with Crippen LogP contribution in [-0.4, -0.2) is 18.5 Å². The maximum absolute atomic E-state index is 12.3. The summed E-state index contributed by atoms with van der Waals surface area (Å²) in [6.07, 6.45) is 3.86. The zero-order valence-electron chi connectivity index (χ0n) is 11.5. The van der Waals surface area contributed by atoms with Crippen molar-refractivity contribution in [2.24, 2.45) is 5.92 Å². The van der Waals surface area contributed by atoms with Crippen molar-refractivity contribution >= 4 is 5.91 Å². The lowest BCUT2D eigenvalue weighted by molar-refractivity contribution is 0.0932. The topological polar surface area (TPSA) is 64.9 Å². The summed E-state index contributed by atoms with van der Waals surface area (Å²) in [6.45, 7) is 1.84. The van der Waals surface area contributed by atoms with E-state index < -0.39 is 0 Å². The summed E-state index contributed by atoms with van der Waals surface area (Å²) in [6, 6.07) is 8.25. The van der Waals surface area contributed by atoms with Gasteiger partial charge in [0.1, 0.15) is 0 Å². The zero-order chi connectivity index (χ0) is 13.9. The molecule has 0 radical (unpaired) electrons. The lowest BCUT2D eigenvalue weighted by Crippen LogP contribution is -2.37. The molecule has 2 atom stereocenters. The normalized spacial score (nSPS) is 24.8. The smallest absolute Gasteiger partial charge is 0.251 e. The minimum absolute atomic E-state index is 0.0154. The SMILES string of the molecule is N#CC1CCCC1NC(=O)c1ccc2c(c1)CNCC2. The molecule has 1 aliphatic heterocycles. The van der Waals surface area contributed by atoms with E-state index in [1.54, 1.807) is 0 Å². The van der Waals surface area contributed by atoms with Gasteiger partial charge in [-0.25, -0.2) is 0 Å². The molecule has 1 aromatic carbocycles. The molecule has 3 rings (SSSR count). The predicted molar refractivity (Wildman–Crippen MR) is 76.1 cm³/mol. The number of fused-ring (bicyclic) bond motifs is 1. The minimum Gasteiger partial charge on any atom is -0.348 e. The van der Waals surface area contributed by atoms with Gasteiger partial charge in [0.15, 0.2) is 0 Å². The molecule has 1 aromatic rings. The Labute approximate surface area is 119 Å². The zero-order valence-corrected chi connectivity index (χ0v) is 11.5. The maximum atomic E-state index is 12.3. The minimum atomic E-state index is -0.0504. The van der Waals surface area contributed by atoms with Crippen molar-refractivity contribution in [3.8, 4) is 6.07 Å². The van der Waals surface area contributed by atoms with Gasteiger partial charge in [0, 0.05) is 18.2 Å². The largest absolute Gasteiger partial charge is 0.348 e. The third-order valence-electron chi connectivity index (χ3n) is 4.35. The molecule has 20 heavy (non-hydrogen) atoms. The van der Waals surface area contributed by atoms with E-state index >= 15 is 0 Å². The average molecular weight is 269 g/mol. The van der Waals surface area contributed by atoms with E-state index in [9.17, 15) is 4.79 Å². The number of amides is 1. The summed E-state index contributed by atoms with van der Waals surface area (Å²) in [5, 5.41) is 15.4. The van der Waals surface area contributed by atoms with Gasteiger partial charge in [-0.15, -0.1) is 0 Å². The Kier molecular flexibility index (Phi) is 3.70. The van der Waals surface area contributed by atoms with E-state index in [2.05, 4.69) is 22.8 Å². The van der Waals surface area contributed by atoms with Gasteiger partial charge < -0.3 is 10.6 Å². The van der Waals surface area contributed by atoms with E-state index in [-0.39, 0.29) is 17.9 Å². The van der Waals surface area contributed by atoms with Crippen LogP contribution in [-0.2, 0) is 13.0 Å². The molecule has 1 aliphatic carbocycles. The summed E-state index contributed by atoms with van der Waals surface area (Å²) in [5.74, 6) is -0.0798. The van der Waals surface area contributed by atoms with Crippen LogP contribution in [0, 0.1) is 17.2 Å².